The van der Waals surface area contributed by atoms with Crippen LogP contribution in [0, 0.1) is 0 Å². The first-order valence-electron chi connectivity index (χ1n) is 5.59. The number of nitrogens with two attached hydrogens (primary N) is 1. The fourth-order valence-electron chi connectivity index (χ4n) is 1.59. The number of aliphatic imine (C=N–C) groups is 1. The van der Waals surface area contributed by atoms with Crippen molar-refractivity contribution in [2.24, 2.45) is 10.7 Å². The number of hydrogen-bond acceptors (Lipinski definition) is 4. The van der Waals surface area contributed by atoms with Gasteiger partial charge in [0.1, 0.15) is 12.6 Å². The van der Waals surface area contributed by atoms with Crippen LogP contribution in [-0.4, -0.2) is 18.5 Å². The van der Waals surface area contributed by atoms with Gasteiger partial charge >= 0.3 is 0 Å². The lowest BCUT2D eigenvalue weighted by Gasteiger charge is -2.08. The standard InChI is InChI=1S/C13H15N3O2/c1-8(2)12(17)15-10-5-3-9(4-6-10)11-7-18-13(14)16-11/h3-6,11H,1,7H2,2H3,(H2,14,16)(H,15,17). The smallest absolute Gasteiger partial charge is 0.282 e. The molecule has 1 aliphatic rings. The molecule has 1 unspecified atom stereocenters. The number of nitrogens with one attached hydrogen (secondary N) is 1. The summed E-state index contributed by atoms with van der Waals surface area (Å²) in [5.74, 6) is -0.186. The van der Waals surface area contributed by atoms with Gasteiger partial charge in [0.2, 0.25) is 0 Å². The molecular formula is C13H15N3O2. The fraction of sp³-hybridized carbons (Fsp3) is 0.231. The second-order valence-electron chi connectivity index (χ2n) is 4.15. The molecular weight excluding hydrogens is 230 g/mol. The van der Waals surface area contributed by atoms with Crippen molar-refractivity contribution < 1.29 is 9.53 Å². The van der Waals surface area contributed by atoms with Gasteiger partial charge in [0.05, 0.1) is 0 Å². The minimum atomic E-state index is -0.186. The molecule has 0 aliphatic carbocycles. The molecule has 0 aromatic heterocycles. The summed E-state index contributed by atoms with van der Waals surface area (Å²) >= 11 is 0. The Balaban J connectivity index is 2.06. The van der Waals surface area contributed by atoms with E-state index in [9.17, 15) is 4.79 Å². The highest BCUT2D eigenvalue weighted by Gasteiger charge is 2.18. The number of amides is 1. The van der Waals surface area contributed by atoms with E-state index in [0.717, 1.165) is 11.3 Å². The van der Waals surface area contributed by atoms with Crippen molar-refractivity contribution in [2.75, 3.05) is 11.9 Å². The highest BCUT2D eigenvalue weighted by Crippen LogP contribution is 2.23. The average molecular weight is 245 g/mol. The topological polar surface area (TPSA) is 76.7 Å². The van der Waals surface area contributed by atoms with Crippen LogP contribution in [0.5, 0.6) is 0 Å². The van der Waals surface area contributed by atoms with Gasteiger partial charge in [-0.3, -0.25) is 4.79 Å². The summed E-state index contributed by atoms with van der Waals surface area (Å²) in [5.41, 5.74) is 7.65. The van der Waals surface area contributed by atoms with Gasteiger partial charge in [-0.1, -0.05) is 18.7 Å². The lowest BCUT2D eigenvalue weighted by Crippen LogP contribution is -2.11. The molecule has 1 aromatic rings. The monoisotopic (exact) mass is 245 g/mol. The van der Waals surface area contributed by atoms with Crippen molar-refractivity contribution >= 4 is 17.6 Å². The third kappa shape index (κ3) is 2.68. The van der Waals surface area contributed by atoms with E-state index in [4.69, 9.17) is 10.5 Å². The molecule has 1 aromatic carbocycles. The Labute approximate surface area is 105 Å². The van der Waals surface area contributed by atoms with Crippen LogP contribution in [0.3, 0.4) is 0 Å². The Kier molecular flexibility index (Phi) is 3.32. The SMILES string of the molecule is C=C(C)C(=O)Nc1ccc(C2COC(N)=N2)cc1. The predicted molar refractivity (Wildman–Crippen MR) is 70.2 cm³/mol. The Morgan fingerprint density at radius 1 is 1.50 bits per heavy atom. The van der Waals surface area contributed by atoms with Gasteiger partial charge in [-0.2, -0.15) is 0 Å². The molecule has 18 heavy (non-hydrogen) atoms. The molecule has 0 saturated heterocycles. The number of carbonyl (C=O) groups is 1. The van der Waals surface area contributed by atoms with Crippen molar-refractivity contribution in [3.8, 4) is 0 Å². The first kappa shape index (κ1) is 12.2. The second kappa shape index (κ2) is 4.91. The maximum Gasteiger partial charge on any atom is 0.282 e. The predicted octanol–water partition coefficient (Wildman–Crippen LogP) is 1.59. The number of rotatable bonds is 3. The number of hydrogen-bond donors (Lipinski definition) is 2. The molecule has 2 rings (SSSR count). The average Bonchev–Trinajstić information content (AvgIpc) is 2.76. The molecule has 0 spiro atoms. The minimum absolute atomic E-state index is 0.0594. The van der Waals surface area contributed by atoms with Crippen LogP contribution >= 0.6 is 0 Å². The molecule has 3 N–H and O–H groups in total. The number of carbonyl (C=O) groups excluding carboxylic acids is 1. The second-order valence-corrected chi connectivity index (χ2v) is 4.15. The summed E-state index contributed by atoms with van der Waals surface area (Å²) in [4.78, 5) is 15.6. The first-order chi connectivity index (χ1) is 8.56. The van der Waals surface area contributed by atoms with E-state index in [1.165, 1.54) is 0 Å². The highest BCUT2D eigenvalue weighted by molar-refractivity contribution is 6.02. The van der Waals surface area contributed by atoms with E-state index in [0.29, 0.717) is 12.2 Å². The molecule has 1 atom stereocenters. The first-order valence-corrected chi connectivity index (χ1v) is 5.59. The van der Waals surface area contributed by atoms with Crippen LogP contribution in [0.4, 0.5) is 5.69 Å². The summed E-state index contributed by atoms with van der Waals surface area (Å²) in [6, 6.07) is 7.59. The Hall–Kier alpha value is -2.30. The molecule has 1 amide bonds. The van der Waals surface area contributed by atoms with Crippen LogP contribution in [0.1, 0.15) is 18.5 Å². The van der Waals surface area contributed by atoms with Crippen LogP contribution in [0.2, 0.25) is 0 Å². The number of amidine groups is 1. The normalized spacial score (nSPS) is 17.8. The van der Waals surface area contributed by atoms with Crippen molar-refractivity contribution in [2.45, 2.75) is 13.0 Å². The molecule has 0 fully saturated rings. The Morgan fingerprint density at radius 3 is 2.67 bits per heavy atom. The van der Waals surface area contributed by atoms with Crippen LogP contribution in [0.25, 0.3) is 0 Å². The van der Waals surface area contributed by atoms with Gasteiger partial charge in [0, 0.05) is 11.3 Å². The molecule has 5 nitrogen and oxygen atoms in total. The number of benzene rings is 1. The number of nitrogens with zero attached hydrogens (tertiary/aromatic N) is 1. The summed E-state index contributed by atoms with van der Waals surface area (Å²) < 4.78 is 5.09. The molecule has 94 valence electrons. The van der Waals surface area contributed by atoms with E-state index < -0.39 is 0 Å². The van der Waals surface area contributed by atoms with E-state index >= 15 is 0 Å². The molecule has 0 bridgehead atoms. The van der Waals surface area contributed by atoms with Crippen molar-refractivity contribution in [1.29, 1.82) is 0 Å². The maximum atomic E-state index is 11.4. The van der Waals surface area contributed by atoms with E-state index in [-0.39, 0.29) is 18.0 Å². The minimum Gasteiger partial charge on any atom is -0.463 e. The van der Waals surface area contributed by atoms with Gasteiger partial charge < -0.3 is 15.8 Å². The third-order valence-corrected chi connectivity index (χ3v) is 2.61. The van der Waals surface area contributed by atoms with Crippen LogP contribution in [0.15, 0.2) is 41.4 Å². The van der Waals surface area contributed by atoms with E-state index in [2.05, 4.69) is 16.9 Å². The van der Waals surface area contributed by atoms with Gasteiger partial charge in [-0.15, -0.1) is 0 Å². The largest absolute Gasteiger partial charge is 0.463 e. The molecule has 5 heteroatoms. The zero-order valence-corrected chi connectivity index (χ0v) is 10.1. The molecule has 1 aliphatic heterocycles. The van der Waals surface area contributed by atoms with Gasteiger partial charge in [-0.05, 0) is 24.6 Å². The highest BCUT2D eigenvalue weighted by atomic mass is 16.5. The van der Waals surface area contributed by atoms with E-state index in [1.54, 1.807) is 6.92 Å². The van der Waals surface area contributed by atoms with Crippen molar-refractivity contribution in [3.05, 3.63) is 42.0 Å². The molecule has 1 heterocycles. The number of anilines is 1. The van der Waals surface area contributed by atoms with Gasteiger partial charge in [-0.25, -0.2) is 4.99 Å². The van der Waals surface area contributed by atoms with Gasteiger partial charge in [0.15, 0.2) is 0 Å². The van der Waals surface area contributed by atoms with Crippen LogP contribution < -0.4 is 11.1 Å². The summed E-state index contributed by atoms with van der Waals surface area (Å²) in [5, 5.41) is 2.74. The van der Waals surface area contributed by atoms with Crippen molar-refractivity contribution in [1.82, 2.24) is 0 Å². The lowest BCUT2D eigenvalue weighted by atomic mass is 10.1. The Morgan fingerprint density at radius 2 is 2.17 bits per heavy atom. The maximum absolute atomic E-state index is 11.4. The fourth-order valence-corrected chi connectivity index (χ4v) is 1.59. The third-order valence-electron chi connectivity index (χ3n) is 2.61. The van der Waals surface area contributed by atoms with E-state index in [1.807, 2.05) is 24.3 Å². The summed E-state index contributed by atoms with van der Waals surface area (Å²) in [6.07, 6.45) is 0. The molecule has 0 saturated carbocycles. The summed E-state index contributed by atoms with van der Waals surface area (Å²) in [7, 11) is 0. The zero-order valence-electron chi connectivity index (χ0n) is 10.1. The summed E-state index contributed by atoms with van der Waals surface area (Å²) in [6.45, 7) is 5.71. The van der Waals surface area contributed by atoms with Crippen LogP contribution in [-0.2, 0) is 9.53 Å². The zero-order chi connectivity index (χ0) is 13.1. The quantitative estimate of drug-likeness (QED) is 0.794. The Bertz CT molecular complexity index is 505. The van der Waals surface area contributed by atoms with Crippen molar-refractivity contribution in [3.63, 3.8) is 0 Å². The van der Waals surface area contributed by atoms with Gasteiger partial charge in [0.25, 0.3) is 11.9 Å². The number of ether oxygens (including phenoxy) is 1. The molecule has 0 radical (unpaired) electrons. The lowest BCUT2D eigenvalue weighted by molar-refractivity contribution is -0.112.